The second-order valence-electron chi connectivity index (χ2n) is 4.40. The summed E-state index contributed by atoms with van der Waals surface area (Å²) < 4.78 is 9.68. The van der Waals surface area contributed by atoms with Crippen molar-refractivity contribution in [2.24, 2.45) is 0 Å². The van der Waals surface area contributed by atoms with Crippen LogP contribution in [-0.4, -0.2) is 29.3 Å². The number of nitrogens with one attached hydrogen (secondary N) is 1. The fourth-order valence-electron chi connectivity index (χ4n) is 1.43. The second kappa shape index (κ2) is 6.27. The minimum absolute atomic E-state index is 0.194. The van der Waals surface area contributed by atoms with Crippen LogP contribution in [-0.2, 0) is 4.74 Å². The number of rotatable bonds is 6. The number of hydrogen-bond acceptors (Lipinski definition) is 5. The van der Waals surface area contributed by atoms with Gasteiger partial charge in [-0.2, -0.15) is 0 Å². The zero-order chi connectivity index (χ0) is 12.1. The van der Waals surface area contributed by atoms with Crippen LogP contribution in [0, 0.1) is 0 Å². The summed E-state index contributed by atoms with van der Waals surface area (Å²) in [5.41, 5.74) is 1.08. The van der Waals surface area contributed by atoms with Gasteiger partial charge < -0.3 is 10.1 Å². The van der Waals surface area contributed by atoms with E-state index in [1.165, 1.54) is 16.4 Å². The average Bonchev–Trinajstić information content (AvgIpc) is 2.67. The van der Waals surface area contributed by atoms with Crippen molar-refractivity contribution < 1.29 is 4.74 Å². The zero-order valence-corrected chi connectivity index (χ0v) is 11.5. The Morgan fingerprint density at radius 3 is 2.50 bits per heavy atom. The van der Waals surface area contributed by atoms with Gasteiger partial charge >= 0.3 is 0 Å². The molecular weight excluding hydrogens is 222 g/mol. The Bertz CT molecular complexity index is 312. The molecule has 5 heteroatoms. The first-order chi connectivity index (χ1) is 7.56. The number of ether oxygens (including phenoxy) is 1. The summed E-state index contributed by atoms with van der Waals surface area (Å²) in [6, 6.07) is 0.194. The molecule has 0 fully saturated rings. The van der Waals surface area contributed by atoms with Crippen molar-refractivity contribution in [1.82, 2.24) is 14.9 Å². The summed E-state index contributed by atoms with van der Waals surface area (Å²) in [4.78, 5) is 1.19. The standard InChI is InChI=1S/C11H21N3OS/c1-7(2)10-11(16-14-13-10)9(12-5)6-15-8(3)4/h7-9,12H,6H2,1-5H3. The summed E-state index contributed by atoms with van der Waals surface area (Å²) in [6.07, 6.45) is 0.249. The summed E-state index contributed by atoms with van der Waals surface area (Å²) >= 11 is 1.46. The quantitative estimate of drug-likeness (QED) is 0.833. The fourth-order valence-corrected chi connectivity index (χ4v) is 2.33. The van der Waals surface area contributed by atoms with Crippen molar-refractivity contribution in [3.8, 4) is 0 Å². The molecule has 4 nitrogen and oxygen atoms in total. The fraction of sp³-hybridized carbons (Fsp3) is 0.818. The third-order valence-corrected chi connectivity index (χ3v) is 3.20. The normalized spacial score (nSPS) is 13.7. The molecule has 16 heavy (non-hydrogen) atoms. The van der Waals surface area contributed by atoms with Gasteiger partial charge in [0, 0.05) is 0 Å². The van der Waals surface area contributed by atoms with Crippen LogP contribution in [0.1, 0.15) is 50.2 Å². The van der Waals surface area contributed by atoms with Crippen molar-refractivity contribution >= 4 is 11.5 Å². The van der Waals surface area contributed by atoms with Gasteiger partial charge in [0.15, 0.2) is 0 Å². The molecule has 0 saturated carbocycles. The lowest BCUT2D eigenvalue weighted by Crippen LogP contribution is -2.23. The lowest BCUT2D eigenvalue weighted by molar-refractivity contribution is 0.0630. The highest BCUT2D eigenvalue weighted by atomic mass is 32.1. The molecule has 1 rings (SSSR count). The van der Waals surface area contributed by atoms with E-state index < -0.39 is 0 Å². The maximum absolute atomic E-state index is 5.64. The zero-order valence-electron chi connectivity index (χ0n) is 10.7. The molecule has 0 aliphatic heterocycles. The van der Waals surface area contributed by atoms with E-state index in [1.54, 1.807) is 0 Å². The number of hydrogen-bond donors (Lipinski definition) is 1. The molecule has 0 radical (unpaired) electrons. The highest BCUT2D eigenvalue weighted by Gasteiger charge is 2.20. The first kappa shape index (κ1) is 13.5. The predicted octanol–water partition coefficient (Wildman–Crippen LogP) is 2.35. The maximum atomic E-state index is 5.64. The smallest absolute Gasteiger partial charge is 0.0829 e. The van der Waals surface area contributed by atoms with Crippen LogP contribution in [0.5, 0.6) is 0 Å². The molecule has 1 heterocycles. The Labute approximate surface area is 102 Å². The van der Waals surface area contributed by atoms with Crippen LogP contribution in [0.25, 0.3) is 0 Å². The average molecular weight is 243 g/mol. The van der Waals surface area contributed by atoms with Gasteiger partial charge in [0.1, 0.15) is 0 Å². The van der Waals surface area contributed by atoms with Crippen molar-refractivity contribution in [3.63, 3.8) is 0 Å². The molecule has 0 bridgehead atoms. The van der Waals surface area contributed by atoms with E-state index in [4.69, 9.17) is 4.74 Å². The molecule has 0 aliphatic rings. The van der Waals surface area contributed by atoms with Gasteiger partial charge in [0.05, 0.1) is 29.3 Å². The van der Waals surface area contributed by atoms with E-state index in [0.29, 0.717) is 12.5 Å². The molecule has 1 unspecified atom stereocenters. The second-order valence-corrected chi connectivity index (χ2v) is 5.19. The molecule has 0 aromatic carbocycles. The van der Waals surface area contributed by atoms with Crippen molar-refractivity contribution in [2.45, 2.75) is 45.8 Å². The third kappa shape index (κ3) is 3.50. The molecule has 1 aromatic heterocycles. The van der Waals surface area contributed by atoms with Gasteiger partial charge in [-0.3, -0.25) is 0 Å². The van der Waals surface area contributed by atoms with Gasteiger partial charge in [0.25, 0.3) is 0 Å². The largest absolute Gasteiger partial charge is 0.377 e. The molecular formula is C11H21N3OS. The Balaban J connectivity index is 2.74. The van der Waals surface area contributed by atoms with Gasteiger partial charge in [-0.1, -0.05) is 18.3 Å². The lowest BCUT2D eigenvalue weighted by atomic mass is 10.1. The van der Waals surface area contributed by atoms with E-state index in [9.17, 15) is 0 Å². The van der Waals surface area contributed by atoms with Crippen LogP contribution in [0.4, 0.5) is 0 Å². The van der Waals surface area contributed by atoms with E-state index in [-0.39, 0.29) is 12.1 Å². The topological polar surface area (TPSA) is 47.0 Å². The van der Waals surface area contributed by atoms with Gasteiger partial charge in [-0.05, 0) is 38.3 Å². The first-order valence-electron chi connectivity index (χ1n) is 5.67. The van der Waals surface area contributed by atoms with Gasteiger partial charge in [-0.25, -0.2) is 0 Å². The van der Waals surface area contributed by atoms with Gasteiger partial charge in [-0.15, -0.1) is 5.10 Å². The lowest BCUT2D eigenvalue weighted by Gasteiger charge is -2.18. The molecule has 92 valence electrons. The summed E-state index contributed by atoms with van der Waals surface area (Å²) in [5, 5.41) is 7.45. The minimum atomic E-state index is 0.194. The highest BCUT2D eigenvalue weighted by Crippen LogP contribution is 2.26. The molecule has 1 N–H and O–H groups in total. The number of aromatic nitrogens is 2. The van der Waals surface area contributed by atoms with E-state index in [1.807, 2.05) is 20.9 Å². The molecule has 0 saturated heterocycles. The predicted molar refractivity (Wildman–Crippen MR) is 66.9 cm³/mol. The van der Waals surface area contributed by atoms with E-state index >= 15 is 0 Å². The van der Waals surface area contributed by atoms with Crippen LogP contribution >= 0.6 is 11.5 Å². The van der Waals surface area contributed by atoms with Crippen LogP contribution in [0.2, 0.25) is 0 Å². The Hall–Kier alpha value is -0.520. The minimum Gasteiger partial charge on any atom is -0.377 e. The molecule has 0 aliphatic carbocycles. The van der Waals surface area contributed by atoms with Crippen molar-refractivity contribution in [1.29, 1.82) is 0 Å². The third-order valence-electron chi connectivity index (χ3n) is 2.35. The Morgan fingerprint density at radius 2 is 2.00 bits per heavy atom. The summed E-state index contributed by atoms with van der Waals surface area (Å²) in [5.74, 6) is 0.406. The molecule has 0 amide bonds. The van der Waals surface area contributed by atoms with Gasteiger partial charge in [0.2, 0.25) is 0 Å². The molecule has 0 spiro atoms. The summed E-state index contributed by atoms with van der Waals surface area (Å²) in [6.45, 7) is 9.02. The van der Waals surface area contributed by atoms with Crippen LogP contribution in [0.3, 0.4) is 0 Å². The SMILES string of the molecule is CNC(COC(C)C)c1snnc1C(C)C. The highest BCUT2D eigenvalue weighted by molar-refractivity contribution is 7.05. The summed E-state index contributed by atoms with van der Waals surface area (Å²) in [7, 11) is 1.94. The van der Waals surface area contributed by atoms with Crippen molar-refractivity contribution in [3.05, 3.63) is 10.6 Å². The van der Waals surface area contributed by atoms with E-state index in [0.717, 1.165) is 5.69 Å². The Kier molecular flexibility index (Phi) is 5.31. The maximum Gasteiger partial charge on any atom is 0.0829 e. The Morgan fingerprint density at radius 1 is 1.31 bits per heavy atom. The van der Waals surface area contributed by atoms with Crippen molar-refractivity contribution in [2.75, 3.05) is 13.7 Å². The van der Waals surface area contributed by atoms with Crippen LogP contribution in [0.15, 0.2) is 0 Å². The number of nitrogens with zero attached hydrogens (tertiary/aromatic N) is 2. The molecule has 1 atom stereocenters. The van der Waals surface area contributed by atoms with Crippen LogP contribution < -0.4 is 5.32 Å². The molecule has 1 aromatic rings. The monoisotopic (exact) mass is 243 g/mol. The van der Waals surface area contributed by atoms with E-state index in [2.05, 4.69) is 28.8 Å². The first-order valence-corrected chi connectivity index (χ1v) is 6.44. The number of likely N-dealkylation sites (N-methyl/N-ethyl adjacent to an activating group) is 1.